The third kappa shape index (κ3) is 3.99. The smallest absolute Gasteiger partial charge is 0.273 e. The summed E-state index contributed by atoms with van der Waals surface area (Å²) in [7, 11) is 0. The van der Waals surface area contributed by atoms with Gasteiger partial charge in [-0.2, -0.15) is 0 Å². The van der Waals surface area contributed by atoms with Crippen LogP contribution in [0, 0.1) is 0 Å². The van der Waals surface area contributed by atoms with Crippen molar-refractivity contribution in [1.82, 2.24) is 9.88 Å². The Morgan fingerprint density at radius 3 is 3.00 bits per heavy atom. The number of rotatable bonds is 6. The molecule has 0 unspecified atom stereocenters. The van der Waals surface area contributed by atoms with Gasteiger partial charge in [0, 0.05) is 30.6 Å². The molecule has 1 fully saturated rings. The number of hydrogen-bond donors (Lipinski definition) is 1. The lowest BCUT2D eigenvalue weighted by Gasteiger charge is -2.31. The molecule has 1 amide bonds. The molecule has 0 radical (unpaired) electrons. The predicted molar refractivity (Wildman–Crippen MR) is 88.4 cm³/mol. The molecular formula is C16H21N3O3S. The molecule has 0 bridgehead atoms. The number of aromatic nitrogens is 1. The van der Waals surface area contributed by atoms with Gasteiger partial charge in [-0.15, -0.1) is 11.3 Å². The quantitative estimate of drug-likeness (QED) is 0.820. The molecule has 3 rings (SSSR count). The highest BCUT2D eigenvalue weighted by Crippen LogP contribution is 2.25. The van der Waals surface area contributed by atoms with E-state index in [1.165, 1.54) is 11.3 Å². The summed E-state index contributed by atoms with van der Waals surface area (Å²) in [6.07, 6.45) is 6.10. The maximum Gasteiger partial charge on any atom is 0.273 e. The lowest BCUT2D eigenvalue weighted by atomic mass is 10.1. The zero-order chi connectivity index (χ0) is 16.1. The number of furan rings is 1. The standard InChI is InChI=1S/C16H21N3O3S/c17-5-1-8-22-13-2-6-19(7-3-13)16(20)14-11-23-15(18-14)12-4-9-21-10-12/h4,9-11,13H,1-3,5-8,17H2. The van der Waals surface area contributed by atoms with E-state index in [1.807, 2.05) is 16.3 Å². The van der Waals surface area contributed by atoms with Crippen LogP contribution in [-0.2, 0) is 4.74 Å². The van der Waals surface area contributed by atoms with Crippen molar-refractivity contribution < 1.29 is 13.9 Å². The summed E-state index contributed by atoms with van der Waals surface area (Å²) in [5, 5.41) is 2.62. The van der Waals surface area contributed by atoms with Crippen LogP contribution in [0.1, 0.15) is 29.8 Å². The van der Waals surface area contributed by atoms with Crippen LogP contribution in [0.5, 0.6) is 0 Å². The van der Waals surface area contributed by atoms with Crippen LogP contribution >= 0.6 is 11.3 Å². The lowest BCUT2D eigenvalue weighted by Crippen LogP contribution is -2.41. The Morgan fingerprint density at radius 1 is 1.48 bits per heavy atom. The highest BCUT2D eigenvalue weighted by atomic mass is 32.1. The minimum Gasteiger partial charge on any atom is -0.472 e. The predicted octanol–water partition coefficient (Wildman–Crippen LogP) is 2.37. The molecule has 2 aromatic heterocycles. The molecule has 0 saturated carbocycles. The van der Waals surface area contributed by atoms with Crippen molar-refractivity contribution >= 4 is 17.2 Å². The summed E-state index contributed by atoms with van der Waals surface area (Å²) in [5.74, 6) is -0.00333. The van der Waals surface area contributed by atoms with Crippen molar-refractivity contribution in [3.8, 4) is 10.6 Å². The van der Waals surface area contributed by atoms with E-state index in [4.69, 9.17) is 14.9 Å². The lowest BCUT2D eigenvalue weighted by molar-refractivity contribution is 0.00831. The Hall–Kier alpha value is -1.70. The van der Waals surface area contributed by atoms with Gasteiger partial charge >= 0.3 is 0 Å². The third-order valence-corrected chi connectivity index (χ3v) is 4.81. The summed E-state index contributed by atoms with van der Waals surface area (Å²) in [5.41, 5.74) is 6.87. The molecule has 23 heavy (non-hydrogen) atoms. The van der Waals surface area contributed by atoms with E-state index >= 15 is 0 Å². The number of carbonyl (C=O) groups is 1. The molecule has 0 aliphatic carbocycles. The van der Waals surface area contributed by atoms with E-state index in [-0.39, 0.29) is 12.0 Å². The van der Waals surface area contributed by atoms with Crippen LogP contribution in [0.25, 0.3) is 10.6 Å². The van der Waals surface area contributed by atoms with E-state index in [1.54, 1.807) is 12.5 Å². The number of nitrogens with two attached hydrogens (primary N) is 1. The molecule has 7 heteroatoms. The average molecular weight is 335 g/mol. The maximum absolute atomic E-state index is 12.5. The number of amides is 1. The van der Waals surface area contributed by atoms with Crippen LogP contribution < -0.4 is 5.73 Å². The topological polar surface area (TPSA) is 81.6 Å². The minimum atomic E-state index is -0.00333. The van der Waals surface area contributed by atoms with Crippen molar-refractivity contribution in [2.75, 3.05) is 26.2 Å². The molecular weight excluding hydrogens is 314 g/mol. The number of ether oxygens (including phenoxy) is 1. The van der Waals surface area contributed by atoms with Gasteiger partial charge < -0.3 is 19.8 Å². The second-order valence-corrected chi connectivity index (χ2v) is 6.41. The van der Waals surface area contributed by atoms with Gasteiger partial charge in [0.05, 0.1) is 12.4 Å². The third-order valence-electron chi connectivity index (χ3n) is 3.92. The van der Waals surface area contributed by atoms with Gasteiger partial charge in [0.15, 0.2) is 0 Å². The highest BCUT2D eigenvalue weighted by molar-refractivity contribution is 7.13. The van der Waals surface area contributed by atoms with Crippen LogP contribution in [0.2, 0.25) is 0 Å². The monoisotopic (exact) mass is 335 g/mol. The number of piperidine rings is 1. The van der Waals surface area contributed by atoms with Gasteiger partial charge in [0.1, 0.15) is 17.0 Å². The van der Waals surface area contributed by atoms with Gasteiger partial charge in [-0.1, -0.05) is 0 Å². The molecule has 1 aliphatic heterocycles. The number of nitrogens with zero attached hydrogens (tertiary/aromatic N) is 2. The van der Waals surface area contributed by atoms with E-state index in [0.29, 0.717) is 31.9 Å². The first kappa shape index (κ1) is 16.2. The molecule has 1 aliphatic rings. The minimum absolute atomic E-state index is 0.00333. The van der Waals surface area contributed by atoms with Crippen molar-refractivity contribution in [1.29, 1.82) is 0 Å². The molecule has 2 aromatic rings. The van der Waals surface area contributed by atoms with E-state index < -0.39 is 0 Å². The summed E-state index contributed by atoms with van der Waals surface area (Å²) >= 11 is 1.46. The molecule has 6 nitrogen and oxygen atoms in total. The fourth-order valence-corrected chi connectivity index (χ4v) is 3.39. The van der Waals surface area contributed by atoms with Gasteiger partial charge in [-0.05, 0) is 31.9 Å². The average Bonchev–Trinajstić information content (AvgIpc) is 3.26. The van der Waals surface area contributed by atoms with Crippen LogP contribution in [0.4, 0.5) is 0 Å². The fourth-order valence-electron chi connectivity index (χ4n) is 2.61. The first-order chi connectivity index (χ1) is 11.3. The molecule has 0 atom stereocenters. The highest BCUT2D eigenvalue weighted by Gasteiger charge is 2.25. The fraction of sp³-hybridized carbons (Fsp3) is 0.500. The van der Waals surface area contributed by atoms with E-state index in [9.17, 15) is 4.79 Å². The van der Waals surface area contributed by atoms with E-state index in [0.717, 1.165) is 29.8 Å². The largest absolute Gasteiger partial charge is 0.472 e. The molecule has 124 valence electrons. The Kier molecular flexibility index (Phi) is 5.43. The molecule has 0 aromatic carbocycles. The molecule has 1 saturated heterocycles. The Morgan fingerprint density at radius 2 is 2.30 bits per heavy atom. The second-order valence-electron chi connectivity index (χ2n) is 5.55. The normalized spacial score (nSPS) is 16.0. The SMILES string of the molecule is NCCCOC1CCN(C(=O)c2csc(-c3ccoc3)n2)CC1. The van der Waals surface area contributed by atoms with Gasteiger partial charge in [0.2, 0.25) is 0 Å². The molecule has 2 N–H and O–H groups in total. The van der Waals surface area contributed by atoms with Crippen LogP contribution in [-0.4, -0.2) is 48.1 Å². The van der Waals surface area contributed by atoms with Crippen LogP contribution in [0.3, 0.4) is 0 Å². The summed E-state index contributed by atoms with van der Waals surface area (Å²) in [6, 6.07) is 1.84. The van der Waals surface area contributed by atoms with Crippen molar-refractivity contribution in [3.05, 3.63) is 29.7 Å². The number of carbonyl (C=O) groups excluding carboxylic acids is 1. The van der Waals surface area contributed by atoms with E-state index in [2.05, 4.69) is 4.98 Å². The van der Waals surface area contributed by atoms with Crippen molar-refractivity contribution in [2.24, 2.45) is 5.73 Å². The van der Waals surface area contributed by atoms with Crippen molar-refractivity contribution in [3.63, 3.8) is 0 Å². The van der Waals surface area contributed by atoms with Gasteiger partial charge in [-0.3, -0.25) is 4.79 Å². The van der Waals surface area contributed by atoms with Crippen molar-refractivity contribution in [2.45, 2.75) is 25.4 Å². The van der Waals surface area contributed by atoms with Gasteiger partial charge in [-0.25, -0.2) is 4.98 Å². The van der Waals surface area contributed by atoms with Crippen LogP contribution in [0.15, 0.2) is 28.4 Å². The number of likely N-dealkylation sites (tertiary alicyclic amines) is 1. The summed E-state index contributed by atoms with van der Waals surface area (Å²) < 4.78 is 10.8. The Bertz CT molecular complexity index is 618. The first-order valence-electron chi connectivity index (χ1n) is 7.87. The first-order valence-corrected chi connectivity index (χ1v) is 8.75. The molecule has 3 heterocycles. The summed E-state index contributed by atoms with van der Waals surface area (Å²) in [6.45, 7) is 2.78. The summed E-state index contributed by atoms with van der Waals surface area (Å²) in [4.78, 5) is 18.8. The molecule has 0 spiro atoms. The van der Waals surface area contributed by atoms with Gasteiger partial charge in [0.25, 0.3) is 5.91 Å². The zero-order valence-electron chi connectivity index (χ0n) is 12.9. The number of hydrogen-bond acceptors (Lipinski definition) is 6. The Labute approximate surface area is 139 Å². The zero-order valence-corrected chi connectivity index (χ0v) is 13.8. The second kappa shape index (κ2) is 7.72. The Balaban J connectivity index is 1.53. The number of thiazole rings is 1. The maximum atomic E-state index is 12.5.